The first-order valence-corrected chi connectivity index (χ1v) is 6.63. The van der Waals surface area contributed by atoms with Gasteiger partial charge in [-0.25, -0.2) is 0 Å². The summed E-state index contributed by atoms with van der Waals surface area (Å²) in [6.07, 6.45) is 0.321. The first kappa shape index (κ1) is 14.0. The van der Waals surface area contributed by atoms with Crippen molar-refractivity contribution in [3.8, 4) is 0 Å². The SMILES string of the molecule is CCO/N=C(\C(=O)Cc1ccccc1)c1ccccc1. The molecule has 2 aromatic carbocycles. The van der Waals surface area contributed by atoms with Gasteiger partial charge in [0, 0.05) is 12.0 Å². The summed E-state index contributed by atoms with van der Waals surface area (Å²) < 4.78 is 0. The minimum Gasteiger partial charge on any atom is -0.396 e. The van der Waals surface area contributed by atoms with E-state index in [0.717, 1.165) is 11.1 Å². The minimum atomic E-state index is -0.0455. The maximum absolute atomic E-state index is 12.4. The number of hydrogen-bond donors (Lipinski definition) is 0. The van der Waals surface area contributed by atoms with Gasteiger partial charge < -0.3 is 4.84 Å². The molecular formula is C17H17NO2. The number of hydrogen-bond acceptors (Lipinski definition) is 3. The van der Waals surface area contributed by atoms with Crippen LogP contribution >= 0.6 is 0 Å². The van der Waals surface area contributed by atoms with Crippen LogP contribution in [0.2, 0.25) is 0 Å². The Morgan fingerprint density at radius 3 is 2.20 bits per heavy atom. The molecule has 20 heavy (non-hydrogen) atoms. The molecule has 0 fully saturated rings. The quantitative estimate of drug-likeness (QED) is 0.595. The molecular weight excluding hydrogens is 250 g/mol. The predicted octanol–water partition coefficient (Wildman–Crippen LogP) is 3.24. The maximum Gasteiger partial charge on any atom is 0.189 e. The molecule has 0 unspecified atom stereocenters. The van der Waals surface area contributed by atoms with Crippen molar-refractivity contribution >= 4 is 11.5 Å². The Balaban J connectivity index is 2.21. The van der Waals surface area contributed by atoms with E-state index in [0.29, 0.717) is 18.7 Å². The molecule has 0 aliphatic heterocycles. The lowest BCUT2D eigenvalue weighted by atomic mass is 10.0. The van der Waals surface area contributed by atoms with Gasteiger partial charge >= 0.3 is 0 Å². The van der Waals surface area contributed by atoms with Crippen molar-refractivity contribution in [3.63, 3.8) is 0 Å². The van der Waals surface area contributed by atoms with E-state index in [-0.39, 0.29) is 5.78 Å². The molecule has 3 heteroatoms. The third-order valence-corrected chi connectivity index (χ3v) is 2.80. The van der Waals surface area contributed by atoms with E-state index in [1.807, 2.05) is 67.6 Å². The van der Waals surface area contributed by atoms with Gasteiger partial charge in [-0.1, -0.05) is 65.8 Å². The van der Waals surface area contributed by atoms with Crippen LogP contribution in [0.3, 0.4) is 0 Å². The number of nitrogens with zero attached hydrogens (tertiary/aromatic N) is 1. The summed E-state index contributed by atoms with van der Waals surface area (Å²) in [6, 6.07) is 19.0. The van der Waals surface area contributed by atoms with Crippen molar-refractivity contribution in [1.29, 1.82) is 0 Å². The van der Waals surface area contributed by atoms with Crippen LogP contribution in [0.1, 0.15) is 18.1 Å². The van der Waals surface area contributed by atoms with E-state index in [4.69, 9.17) is 4.84 Å². The molecule has 0 aliphatic carbocycles. The van der Waals surface area contributed by atoms with Crippen LogP contribution < -0.4 is 0 Å². The van der Waals surface area contributed by atoms with Crippen molar-refractivity contribution in [2.75, 3.05) is 6.61 Å². The van der Waals surface area contributed by atoms with Crippen molar-refractivity contribution in [2.24, 2.45) is 5.16 Å². The fourth-order valence-electron chi connectivity index (χ4n) is 1.85. The number of Topliss-reactive ketones (excluding diaryl/α,β-unsaturated/α-hetero) is 1. The number of benzene rings is 2. The molecule has 0 bridgehead atoms. The third-order valence-electron chi connectivity index (χ3n) is 2.80. The summed E-state index contributed by atoms with van der Waals surface area (Å²) in [4.78, 5) is 17.5. The Morgan fingerprint density at radius 1 is 1.00 bits per heavy atom. The number of carbonyl (C=O) groups is 1. The van der Waals surface area contributed by atoms with Gasteiger partial charge in [0.05, 0.1) is 0 Å². The molecule has 0 aliphatic rings. The highest BCUT2D eigenvalue weighted by atomic mass is 16.6. The number of ketones is 1. The molecule has 0 saturated carbocycles. The molecule has 0 aromatic heterocycles. The Labute approximate surface area is 118 Å². The van der Waals surface area contributed by atoms with Gasteiger partial charge in [-0.05, 0) is 12.5 Å². The summed E-state index contributed by atoms with van der Waals surface area (Å²) in [5.74, 6) is -0.0455. The fourth-order valence-corrected chi connectivity index (χ4v) is 1.85. The Kier molecular flexibility index (Phi) is 5.07. The van der Waals surface area contributed by atoms with Gasteiger partial charge in [0.15, 0.2) is 11.5 Å². The van der Waals surface area contributed by atoms with E-state index in [1.165, 1.54) is 0 Å². The van der Waals surface area contributed by atoms with Crippen LogP contribution in [0.4, 0.5) is 0 Å². The summed E-state index contributed by atoms with van der Waals surface area (Å²) >= 11 is 0. The smallest absolute Gasteiger partial charge is 0.189 e. The molecule has 2 aromatic rings. The second-order valence-corrected chi connectivity index (χ2v) is 4.31. The zero-order chi connectivity index (χ0) is 14.2. The molecule has 0 N–H and O–H groups in total. The van der Waals surface area contributed by atoms with Gasteiger partial charge in [0.2, 0.25) is 0 Å². The Morgan fingerprint density at radius 2 is 1.60 bits per heavy atom. The molecule has 2 rings (SSSR count). The Hall–Kier alpha value is -2.42. The average molecular weight is 267 g/mol. The lowest BCUT2D eigenvalue weighted by Gasteiger charge is -2.06. The lowest BCUT2D eigenvalue weighted by molar-refractivity contribution is -0.112. The summed E-state index contributed by atoms with van der Waals surface area (Å²) in [5.41, 5.74) is 2.12. The van der Waals surface area contributed by atoms with Crippen molar-refractivity contribution in [2.45, 2.75) is 13.3 Å². The molecule has 3 nitrogen and oxygen atoms in total. The second kappa shape index (κ2) is 7.24. The van der Waals surface area contributed by atoms with Crippen LogP contribution in [-0.4, -0.2) is 18.1 Å². The molecule has 0 saturated heterocycles. The number of oxime groups is 1. The molecule has 0 spiro atoms. The van der Waals surface area contributed by atoms with Crippen LogP contribution in [0, 0.1) is 0 Å². The lowest BCUT2D eigenvalue weighted by Crippen LogP contribution is -2.18. The summed E-state index contributed by atoms with van der Waals surface area (Å²) in [6.45, 7) is 2.28. The zero-order valence-corrected chi connectivity index (χ0v) is 11.5. The van der Waals surface area contributed by atoms with Crippen LogP contribution in [0.5, 0.6) is 0 Å². The monoisotopic (exact) mass is 267 g/mol. The number of rotatable bonds is 6. The zero-order valence-electron chi connectivity index (χ0n) is 11.5. The van der Waals surface area contributed by atoms with Crippen LogP contribution in [0.15, 0.2) is 65.8 Å². The standard InChI is InChI=1S/C17H17NO2/c1-2-20-18-17(15-11-7-4-8-12-15)16(19)13-14-9-5-3-6-10-14/h3-12H,2,13H2,1H3/b18-17-. The van der Waals surface area contributed by atoms with Gasteiger partial charge in [0.1, 0.15) is 6.61 Å². The fraction of sp³-hybridized carbons (Fsp3) is 0.176. The second-order valence-electron chi connectivity index (χ2n) is 4.31. The van der Waals surface area contributed by atoms with Crippen LogP contribution in [-0.2, 0) is 16.1 Å². The first-order valence-electron chi connectivity index (χ1n) is 6.63. The van der Waals surface area contributed by atoms with Crippen molar-refractivity contribution in [3.05, 3.63) is 71.8 Å². The maximum atomic E-state index is 12.4. The van der Waals surface area contributed by atoms with Crippen LogP contribution in [0.25, 0.3) is 0 Å². The van der Waals surface area contributed by atoms with Gasteiger partial charge in [-0.3, -0.25) is 4.79 Å². The Bertz CT molecular complexity index is 576. The molecule has 102 valence electrons. The van der Waals surface area contributed by atoms with E-state index in [9.17, 15) is 4.79 Å². The molecule has 0 amide bonds. The number of carbonyl (C=O) groups excluding carboxylic acids is 1. The van der Waals surface area contributed by atoms with Gasteiger partial charge in [0.25, 0.3) is 0 Å². The first-order chi connectivity index (χ1) is 9.81. The van der Waals surface area contributed by atoms with E-state index < -0.39 is 0 Å². The predicted molar refractivity (Wildman–Crippen MR) is 79.8 cm³/mol. The molecule has 0 atom stereocenters. The average Bonchev–Trinajstić information content (AvgIpc) is 2.50. The van der Waals surface area contributed by atoms with E-state index in [1.54, 1.807) is 0 Å². The van der Waals surface area contributed by atoms with E-state index >= 15 is 0 Å². The highest BCUT2D eigenvalue weighted by molar-refractivity contribution is 6.46. The van der Waals surface area contributed by atoms with Crippen molar-refractivity contribution < 1.29 is 9.63 Å². The normalized spacial score (nSPS) is 11.2. The van der Waals surface area contributed by atoms with E-state index in [2.05, 4.69) is 5.16 Å². The third kappa shape index (κ3) is 3.79. The highest BCUT2D eigenvalue weighted by Gasteiger charge is 2.15. The summed E-state index contributed by atoms with van der Waals surface area (Å²) in [7, 11) is 0. The summed E-state index contributed by atoms with van der Waals surface area (Å²) in [5, 5.41) is 3.98. The van der Waals surface area contributed by atoms with Gasteiger partial charge in [-0.2, -0.15) is 0 Å². The van der Waals surface area contributed by atoms with Gasteiger partial charge in [-0.15, -0.1) is 0 Å². The molecule has 0 radical (unpaired) electrons. The topological polar surface area (TPSA) is 38.7 Å². The highest BCUT2D eigenvalue weighted by Crippen LogP contribution is 2.07. The largest absolute Gasteiger partial charge is 0.396 e. The molecule has 0 heterocycles. The van der Waals surface area contributed by atoms with Crippen molar-refractivity contribution in [1.82, 2.24) is 0 Å². The minimum absolute atomic E-state index is 0.0455.